The van der Waals surface area contributed by atoms with E-state index in [0.29, 0.717) is 10.8 Å². The maximum atomic E-state index is 13.3. The molecule has 2 fully saturated rings. The molecule has 1 heterocycles. The Bertz CT molecular complexity index is 1100. The molecule has 2 aromatic carbocycles. The molecule has 0 aromatic heterocycles. The fraction of sp³-hybridized carbons (Fsp3) is 0.385. The predicted molar refractivity (Wildman–Crippen MR) is 127 cm³/mol. The zero-order valence-electron chi connectivity index (χ0n) is 19.1. The van der Waals surface area contributed by atoms with Gasteiger partial charge in [0.1, 0.15) is 17.3 Å². The summed E-state index contributed by atoms with van der Waals surface area (Å²) in [6, 6.07) is 10.2. The van der Waals surface area contributed by atoms with E-state index in [-0.39, 0.29) is 28.7 Å². The quantitative estimate of drug-likeness (QED) is 0.353. The highest BCUT2D eigenvalue weighted by molar-refractivity contribution is 6.46. The first-order valence-corrected chi connectivity index (χ1v) is 11.6. The zero-order valence-corrected chi connectivity index (χ0v) is 19.8. The van der Waals surface area contributed by atoms with Crippen LogP contribution in [0, 0.1) is 0 Å². The van der Waals surface area contributed by atoms with Gasteiger partial charge in [-0.05, 0) is 36.5 Å². The van der Waals surface area contributed by atoms with Crippen LogP contribution in [-0.4, -0.2) is 42.0 Å². The molecule has 0 spiro atoms. The van der Waals surface area contributed by atoms with E-state index in [4.69, 9.17) is 21.1 Å². The Morgan fingerprint density at radius 2 is 1.70 bits per heavy atom. The number of carbonyl (C=O) groups is 2. The third-order valence-corrected chi connectivity index (χ3v) is 6.93. The molecule has 0 radical (unpaired) electrons. The third-order valence-electron chi connectivity index (χ3n) is 6.63. The normalized spacial score (nSPS) is 20.5. The Morgan fingerprint density at radius 1 is 1.06 bits per heavy atom. The van der Waals surface area contributed by atoms with Crippen LogP contribution >= 0.6 is 11.6 Å². The maximum absolute atomic E-state index is 13.3. The van der Waals surface area contributed by atoms with Crippen LogP contribution in [0.5, 0.6) is 11.5 Å². The maximum Gasteiger partial charge on any atom is 0.295 e. The molecule has 1 atom stereocenters. The van der Waals surface area contributed by atoms with Crippen LogP contribution in [0.4, 0.5) is 0 Å². The molecule has 174 valence electrons. The van der Waals surface area contributed by atoms with Crippen LogP contribution in [0.1, 0.15) is 55.3 Å². The predicted octanol–water partition coefficient (Wildman–Crippen LogP) is 5.28. The molecule has 2 aliphatic rings. The molecule has 0 bridgehead atoms. The van der Waals surface area contributed by atoms with Gasteiger partial charge in [-0.15, -0.1) is 0 Å². The first kappa shape index (κ1) is 23.2. The molecule has 1 N–H and O–H groups in total. The largest absolute Gasteiger partial charge is 0.507 e. The summed E-state index contributed by atoms with van der Waals surface area (Å²) in [5, 5.41) is 11.7. The van der Waals surface area contributed by atoms with Crippen LogP contribution in [-0.2, 0) is 16.0 Å². The minimum Gasteiger partial charge on any atom is -0.507 e. The van der Waals surface area contributed by atoms with Crippen molar-refractivity contribution < 1.29 is 24.2 Å². The molecule has 1 saturated carbocycles. The summed E-state index contributed by atoms with van der Waals surface area (Å²) in [6.07, 6.45) is 4.59. The van der Waals surface area contributed by atoms with Crippen LogP contribution in [0.3, 0.4) is 0 Å². The Kier molecular flexibility index (Phi) is 6.66. The number of aliphatic hydroxyl groups is 1. The molecule has 6 nitrogen and oxygen atoms in total. The summed E-state index contributed by atoms with van der Waals surface area (Å²) < 4.78 is 10.7. The summed E-state index contributed by atoms with van der Waals surface area (Å²) in [4.78, 5) is 28.2. The van der Waals surface area contributed by atoms with Crippen molar-refractivity contribution in [3.05, 3.63) is 63.7 Å². The SMILES string of the molecule is CCc1ccc(C2/C(=C(\O)c3cc(OC)c(Cl)cc3OC)C(=O)C(=O)N2C2CCCC2)cc1. The van der Waals surface area contributed by atoms with Crippen molar-refractivity contribution in [2.75, 3.05) is 14.2 Å². The van der Waals surface area contributed by atoms with Crippen molar-refractivity contribution in [1.82, 2.24) is 4.90 Å². The van der Waals surface area contributed by atoms with E-state index in [1.54, 1.807) is 4.90 Å². The van der Waals surface area contributed by atoms with E-state index >= 15 is 0 Å². The third kappa shape index (κ3) is 4.08. The second-order valence-electron chi connectivity index (χ2n) is 8.43. The van der Waals surface area contributed by atoms with Gasteiger partial charge in [0.05, 0.1) is 36.4 Å². The van der Waals surface area contributed by atoms with Gasteiger partial charge in [-0.1, -0.05) is 55.6 Å². The lowest BCUT2D eigenvalue weighted by Crippen LogP contribution is -2.37. The number of carbonyl (C=O) groups excluding carboxylic acids is 2. The molecule has 1 unspecified atom stereocenters. The number of ether oxygens (including phenoxy) is 2. The van der Waals surface area contributed by atoms with E-state index in [1.165, 1.54) is 26.4 Å². The van der Waals surface area contributed by atoms with Crippen LogP contribution in [0.2, 0.25) is 5.02 Å². The number of methoxy groups -OCH3 is 2. The summed E-state index contributed by atoms with van der Waals surface area (Å²) in [5.74, 6) is -0.962. The highest BCUT2D eigenvalue weighted by Crippen LogP contribution is 2.45. The van der Waals surface area contributed by atoms with Gasteiger partial charge in [-0.25, -0.2) is 0 Å². The van der Waals surface area contributed by atoms with Crippen LogP contribution in [0.15, 0.2) is 42.0 Å². The van der Waals surface area contributed by atoms with E-state index in [2.05, 4.69) is 6.92 Å². The summed E-state index contributed by atoms with van der Waals surface area (Å²) in [5.41, 5.74) is 2.25. The van der Waals surface area contributed by atoms with Gasteiger partial charge in [0, 0.05) is 12.1 Å². The van der Waals surface area contributed by atoms with Gasteiger partial charge < -0.3 is 19.5 Å². The number of hydrogen-bond acceptors (Lipinski definition) is 5. The van der Waals surface area contributed by atoms with Crippen molar-refractivity contribution in [2.45, 2.75) is 51.1 Å². The number of benzene rings is 2. The van der Waals surface area contributed by atoms with Crippen molar-refractivity contribution in [3.8, 4) is 11.5 Å². The van der Waals surface area contributed by atoms with E-state index in [0.717, 1.165) is 43.2 Å². The Balaban J connectivity index is 1.93. The lowest BCUT2D eigenvalue weighted by molar-refractivity contribution is -0.141. The van der Waals surface area contributed by atoms with Crippen LogP contribution < -0.4 is 9.47 Å². The topological polar surface area (TPSA) is 76.1 Å². The number of amides is 1. The molecule has 7 heteroatoms. The van der Waals surface area contributed by atoms with Gasteiger partial charge in [-0.3, -0.25) is 9.59 Å². The monoisotopic (exact) mass is 469 g/mol. The first-order chi connectivity index (χ1) is 15.9. The van der Waals surface area contributed by atoms with Crippen molar-refractivity contribution in [1.29, 1.82) is 0 Å². The number of aryl methyl sites for hydroxylation is 1. The van der Waals surface area contributed by atoms with Gasteiger partial charge in [0.15, 0.2) is 0 Å². The molecule has 4 rings (SSSR count). The van der Waals surface area contributed by atoms with Crippen molar-refractivity contribution in [2.24, 2.45) is 0 Å². The molecule has 1 saturated heterocycles. The highest BCUT2D eigenvalue weighted by atomic mass is 35.5. The number of hydrogen-bond donors (Lipinski definition) is 1. The zero-order chi connectivity index (χ0) is 23.7. The minimum atomic E-state index is -0.695. The van der Waals surface area contributed by atoms with Gasteiger partial charge in [0.25, 0.3) is 11.7 Å². The van der Waals surface area contributed by atoms with E-state index < -0.39 is 17.7 Å². The fourth-order valence-corrected chi connectivity index (χ4v) is 5.09. The molecule has 33 heavy (non-hydrogen) atoms. The van der Waals surface area contributed by atoms with Crippen LogP contribution in [0.25, 0.3) is 5.76 Å². The van der Waals surface area contributed by atoms with Gasteiger partial charge >= 0.3 is 0 Å². The Labute approximate surface area is 198 Å². The first-order valence-electron chi connectivity index (χ1n) is 11.2. The second kappa shape index (κ2) is 9.48. The van der Waals surface area contributed by atoms with Crippen molar-refractivity contribution in [3.63, 3.8) is 0 Å². The van der Waals surface area contributed by atoms with E-state index in [1.807, 2.05) is 24.3 Å². The summed E-state index contributed by atoms with van der Waals surface area (Å²) in [6.45, 7) is 2.07. The molecule has 1 amide bonds. The molecular formula is C26H28ClNO5. The van der Waals surface area contributed by atoms with Crippen molar-refractivity contribution >= 4 is 29.1 Å². The smallest absolute Gasteiger partial charge is 0.295 e. The number of aliphatic hydroxyl groups excluding tert-OH is 1. The number of rotatable bonds is 6. The molecule has 2 aromatic rings. The molecule has 1 aliphatic carbocycles. The average Bonchev–Trinajstić information content (AvgIpc) is 3.45. The number of Topliss-reactive ketones (excluding diaryl/α,β-unsaturated/α-hetero) is 1. The average molecular weight is 470 g/mol. The minimum absolute atomic E-state index is 0.0377. The Morgan fingerprint density at radius 3 is 2.27 bits per heavy atom. The van der Waals surface area contributed by atoms with E-state index in [9.17, 15) is 14.7 Å². The lowest BCUT2D eigenvalue weighted by atomic mass is 9.93. The van der Waals surface area contributed by atoms with Gasteiger partial charge in [-0.2, -0.15) is 0 Å². The number of halogens is 1. The lowest BCUT2D eigenvalue weighted by Gasteiger charge is -2.31. The number of ketones is 1. The Hall–Kier alpha value is -2.99. The van der Waals surface area contributed by atoms with Gasteiger partial charge in [0.2, 0.25) is 0 Å². The number of nitrogens with zero attached hydrogens (tertiary/aromatic N) is 1. The highest BCUT2D eigenvalue weighted by Gasteiger charge is 2.49. The fourth-order valence-electron chi connectivity index (χ4n) is 4.86. The summed E-state index contributed by atoms with van der Waals surface area (Å²) in [7, 11) is 2.92. The molecular weight excluding hydrogens is 442 g/mol. The molecule has 1 aliphatic heterocycles. The standard InChI is InChI=1S/C26H28ClNO5/c1-4-15-9-11-16(12-10-15)23-22(25(30)26(31)28(23)17-7-5-6-8-17)24(29)18-13-21(33-3)19(27)14-20(18)32-2/h9-14,17,23,29H,4-8H2,1-3H3/b24-22+. The number of likely N-dealkylation sites (tertiary alicyclic amines) is 1. The summed E-state index contributed by atoms with van der Waals surface area (Å²) >= 11 is 6.23. The second-order valence-corrected chi connectivity index (χ2v) is 8.83.